The molecule has 0 radical (unpaired) electrons. The molecule has 3 rings (SSSR count). The first-order chi connectivity index (χ1) is 8.70. The van der Waals surface area contributed by atoms with Gasteiger partial charge in [0.2, 0.25) is 0 Å². The van der Waals surface area contributed by atoms with Gasteiger partial charge in [-0.25, -0.2) is 4.98 Å². The maximum atomic E-state index is 12.3. The van der Waals surface area contributed by atoms with Crippen LogP contribution in [0.3, 0.4) is 0 Å². The van der Waals surface area contributed by atoms with Crippen LogP contribution < -0.4 is 5.56 Å². The van der Waals surface area contributed by atoms with Crippen molar-refractivity contribution in [2.45, 2.75) is 12.8 Å². The second-order valence-corrected chi connectivity index (χ2v) is 4.90. The van der Waals surface area contributed by atoms with E-state index in [9.17, 15) is 4.79 Å². The smallest absolute Gasteiger partial charge is 0.261 e. The van der Waals surface area contributed by atoms with E-state index < -0.39 is 0 Å². The van der Waals surface area contributed by atoms with E-state index in [-0.39, 0.29) is 5.56 Å². The molecule has 1 fully saturated rings. The first-order valence-electron chi connectivity index (χ1n) is 6.38. The number of para-hydroxylation sites is 1. The third-order valence-corrected chi connectivity index (χ3v) is 3.79. The number of hydrogen-bond acceptors (Lipinski definition) is 3. The van der Waals surface area contributed by atoms with E-state index in [1.807, 2.05) is 31.3 Å². The molecule has 0 atom stereocenters. The summed E-state index contributed by atoms with van der Waals surface area (Å²) in [5.41, 5.74) is 0.871. The summed E-state index contributed by atoms with van der Waals surface area (Å²) in [7, 11) is 1.83. The summed E-state index contributed by atoms with van der Waals surface area (Å²) in [5.74, 6) is 1.32. The Hall–Kier alpha value is -1.68. The van der Waals surface area contributed by atoms with E-state index in [2.05, 4.69) is 16.8 Å². The van der Waals surface area contributed by atoms with Gasteiger partial charge in [0.15, 0.2) is 0 Å². The molecule has 2 aromatic rings. The van der Waals surface area contributed by atoms with Gasteiger partial charge in [0, 0.05) is 26.1 Å². The Balaban J connectivity index is 2.08. The fraction of sp³-hybridized carbons (Fsp3) is 0.429. The van der Waals surface area contributed by atoms with Crippen LogP contribution in [0, 0.1) is 0 Å². The summed E-state index contributed by atoms with van der Waals surface area (Å²) in [6.07, 6.45) is 0. The standard InChI is InChI=1S/C14H17N3O/c1-3-17-8-10(9-17)13-15-12-7-5-4-6-11(12)14(18)16(13)2/h4-7,10H,3,8-9H2,1-2H3. The van der Waals surface area contributed by atoms with Gasteiger partial charge in [0.25, 0.3) is 5.56 Å². The summed E-state index contributed by atoms with van der Waals surface area (Å²) >= 11 is 0. The molecule has 1 aromatic heterocycles. The van der Waals surface area contributed by atoms with Crippen LogP contribution in [0.5, 0.6) is 0 Å². The summed E-state index contributed by atoms with van der Waals surface area (Å²) in [5, 5.41) is 0.704. The normalized spacial score (nSPS) is 17.0. The van der Waals surface area contributed by atoms with Gasteiger partial charge in [-0.05, 0) is 18.7 Å². The molecule has 0 unspecified atom stereocenters. The van der Waals surface area contributed by atoms with E-state index >= 15 is 0 Å². The summed E-state index contributed by atoms with van der Waals surface area (Å²) in [4.78, 5) is 19.3. The molecule has 0 bridgehead atoms. The third-order valence-electron chi connectivity index (χ3n) is 3.79. The van der Waals surface area contributed by atoms with E-state index in [0.29, 0.717) is 11.3 Å². The van der Waals surface area contributed by atoms with Crippen molar-refractivity contribution in [2.75, 3.05) is 19.6 Å². The predicted molar refractivity (Wildman–Crippen MR) is 71.8 cm³/mol. The lowest BCUT2D eigenvalue weighted by atomic mass is 9.99. The Labute approximate surface area is 106 Å². The molecule has 4 heteroatoms. The number of aromatic nitrogens is 2. The zero-order chi connectivity index (χ0) is 12.7. The second kappa shape index (κ2) is 4.21. The van der Waals surface area contributed by atoms with Gasteiger partial charge in [0.1, 0.15) is 5.82 Å². The number of likely N-dealkylation sites (N-methyl/N-ethyl adjacent to an activating group) is 1. The topological polar surface area (TPSA) is 38.1 Å². The summed E-state index contributed by atoms with van der Waals surface area (Å²) in [6.45, 7) is 5.24. The lowest BCUT2D eigenvalue weighted by molar-refractivity contribution is 0.149. The fourth-order valence-electron chi connectivity index (χ4n) is 2.59. The Morgan fingerprint density at radius 2 is 2.06 bits per heavy atom. The zero-order valence-electron chi connectivity index (χ0n) is 10.8. The minimum absolute atomic E-state index is 0.0607. The van der Waals surface area contributed by atoms with Crippen LogP contribution in [-0.4, -0.2) is 34.1 Å². The van der Waals surface area contributed by atoms with Gasteiger partial charge in [-0.15, -0.1) is 0 Å². The van der Waals surface area contributed by atoms with Gasteiger partial charge in [-0.2, -0.15) is 0 Å². The molecule has 4 nitrogen and oxygen atoms in total. The highest BCUT2D eigenvalue weighted by atomic mass is 16.1. The van der Waals surface area contributed by atoms with Gasteiger partial charge in [-0.1, -0.05) is 19.1 Å². The van der Waals surface area contributed by atoms with Crippen molar-refractivity contribution >= 4 is 10.9 Å². The van der Waals surface area contributed by atoms with Gasteiger partial charge >= 0.3 is 0 Å². The van der Waals surface area contributed by atoms with Crippen molar-refractivity contribution in [1.29, 1.82) is 0 Å². The SMILES string of the molecule is CCN1CC(c2nc3ccccc3c(=O)n2C)C1. The number of fused-ring (bicyclic) bond motifs is 1. The largest absolute Gasteiger partial charge is 0.302 e. The lowest BCUT2D eigenvalue weighted by Crippen LogP contribution is -2.46. The van der Waals surface area contributed by atoms with Gasteiger partial charge in [0.05, 0.1) is 10.9 Å². The lowest BCUT2D eigenvalue weighted by Gasteiger charge is -2.38. The van der Waals surface area contributed by atoms with Crippen LogP contribution in [-0.2, 0) is 7.05 Å². The molecule has 0 saturated carbocycles. The Bertz CT molecular complexity index is 641. The van der Waals surface area contributed by atoms with Crippen molar-refractivity contribution in [3.8, 4) is 0 Å². The van der Waals surface area contributed by atoms with Crippen molar-refractivity contribution in [2.24, 2.45) is 7.05 Å². The zero-order valence-corrected chi connectivity index (χ0v) is 10.8. The Kier molecular flexibility index (Phi) is 2.67. The highest BCUT2D eigenvalue weighted by molar-refractivity contribution is 5.77. The van der Waals surface area contributed by atoms with E-state index in [1.54, 1.807) is 4.57 Å². The molecule has 0 N–H and O–H groups in total. The molecule has 94 valence electrons. The minimum Gasteiger partial charge on any atom is -0.302 e. The van der Waals surface area contributed by atoms with Crippen LogP contribution >= 0.6 is 0 Å². The third kappa shape index (κ3) is 1.64. The van der Waals surface area contributed by atoms with Crippen LogP contribution in [0.25, 0.3) is 10.9 Å². The van der Waals surface area contributed by atoms with Crippen LogP contribution in [0.4, 0.5) is 0 Å². The molecule has 0 spiro atoms. The summed E-state index contributed by atoms with van der Waals surface area (Å²) < 4.78 is 1.71. The minimum atomic E-state index is 0.0607. The maximum absolute atomic E-state index is 12.3. The van der Waals surface area contributed by atoms with Crippen LogP contribution in [0.15, 0.2) is 29.1 Å². The average molecular weight is 243 g/mol. The quantitative estimate of drug-likeness (QED) is 0.799. The molecule has 1 saturated heterocycles. The molecular weight excluding hydrogens is 226 g/mol. The number of rotatable bonds is 2. The number of benzene rings is 1. The first-order valence-corrected chi connectivity index (χ1v) is 6.38. The van der Waals surface area contributed by atoms with Crippen molar-refractivity contribution in [3.63, 3.8) is 0 Å². The number of hydrogen-bond donors (Lipinski definition) is 0. The monoisotopic (exact) mass is 243 g/mol. The molecular formula is C14H17N3O. The molecule has 2 heterocycles. The highest BCUT2D eigenvalue weighted by Crippen LogP contribution is 2.25. The molecule has 1 aliphatic heterocycles. The number of likely N-dealkylation sites (tertiary alicyclic amines) is 1. The van der Waals surface area contributed by atoms with E-state index in [0.717, 1.165) is 31.0 Å². The predicted octanol–water partition coefficient (Wildman–Crippen LogP) is 1.35. The molecule has 1 aromatic carbocycles. The Morgan fingerprint density at radius 1 is 1.33 bits per heavy atom. The highest BCUT2D eigenvalue weighted by Gasteiger charge is 2.30. The van der Waals surface area contributed by atoms with E-state index in [4.69, 9.17) is 0 Å². The molecule has 18 heavy (non-hydrogen) atoms. The average Bonchev–Trinajstić information content (AvgIpc) is 2.34. The molecule has 1 aliphatic rings. The maximum Gasteiger partial charge on any atom is 0.261 e. The van der Waals surface area contributed by atoms with Gasteiger partial charge in [-0.3, -0.25) is 9.36 Å². The molecule has 0 aliphatic carbocycles. The molecule has 0 amide bonds. The van der Waals surface area contributed by atoms with Crippen LogP contribution in [0.2, 0.25) is 0 Å². The number of nitrogens with zero attached hydrogens (tertiary/aromatic N) is 3. The van der Waals surface area contributed by atoms with Gasteiger partial charge < -0.3 is 4.90 Å². The van der Waals surface area contributed by atoms with Crippen molar-refractivity contribution < 1.29 is 0 Å². The van der Waals surface area contributed by atoms with Crippen molar-refractivity contribution in [3.05, 3.63) is 40.4 Å². The second-order valence-electron chi connectivity index (χ2n) is 4.90. The Morgan fingerprint density at radius 3 is 2.78 bits per heavy atom. The summed E-state index contributed by atoms with van der Waals surface area (Å²) in [6, 6.07) is 7.56. The van der Waals surface area contributed by atoms with Crippen molar-refractivity contribution in [1.82, 2.24) is 14.5 Å². The van der Waals surface area contributed by atoms with E-state index in [1.165, 1.54) is 0 Å². The van der Waals surface area contributed by atoms with Crippen LogP contribution in [0.1, 0.15) is 18.7 Å². The first kappa shape index (κ1) is 11.4. The fourth-order valence-corrected chi connectivity index (χ4v) is 2.59.